The van der Waals surface area contributed by atoms with Gasteiger partial charge in [0.25, 0.3) is 0 Å². The Morgan fingerprint density at radius 3 is 2.80 bits per heavy atom. The number of anilines is 5. The van der Waals surface area contributed by atoms with E-state index in [1.807, 2.05) is 37.5 Å². The number of hydrogen-bond acceptors (Lipinski definition) is 9. The van der Waals surface area contributed by atoms with Crippen molar-refractivity contribution in [3.63, 3.8) is 0 Å². The molecular formula is C25H30N8O2. The van der Waals surface area contributed by atoms with Gasteiger partial charge >= 0.3 is 0 Å². The third kappa shape index (κ3) is 5.12. The van der Waals surface area contributed by atoms with Crippen molar-refractivity contribution in [1.82, 2.24) is 19.9 Å². The zero-order valence-corrected chi connectivity index (χ0v) is 20.3. The molecule has 1 amide bonds. The quantitative estimate of drug-likeness (QED) is 0.497. The molecule has 0 unspecified atom stereocenters. The molecule has 0 radical (unpaired) electrons. The van der Waals surface area contributed by atoms with Crippen LogP contribution in [0, 0.1) is 6.92 Å². The Labute approximate surface area is 204 Å². The molecular weight excluding hydrogens is 444 g/mol. The van der Waals surface area contributed by atoms with Crippen LogP contribution in [0.5, 0.6) is 5.88 Å². The first-order chi connectivity index (χ1) is 17.0. The van der Waals surface area contributed by atoms with Gasteiger partial charge in [0.2, 0.25) is 11.8 Å². The summed E-state index contributed by atoms with van der Waals surface area (Å²) in [7, 11) is 3.70. The summed E-state index contributed by atoms with van der Waals surface area (Å²) in [5.41, 5.74) is 6.57. The number of rotatable bonds is 6. The van der Waals surface area contributed by atoms with E-state index in [0.29, 0.717) is 24.8 Å². The Kier molecular flexibility index (Phi) is 6.37. The Balaban J connectivity index is 1.28. The van der Waals surface area contributed by atoms with Gasteiger partial charge in [-0.1, -0.05) is 0 Å². The monoisotopic (exact) mass is 474 g/mol. The number of nitrogens with zero attached hydrogens (tertiary/aromatic N) is 5. The summed E-state index contributed by atoms with van der Waals surface area (Å²) in [6.07, 6.45) is 6.48. The van der Waals surface area contributed by atoms with Gasteiger partial charge in [-0.05, 0) is 56.8 Å². The molecule has 0 atom stereocenters. The van der Waals surface area contributed by atoms with Crippen molar-refractivity contribution in [1.29, 1.82) is 0 Å². The van der Waals surface area contributed by atoms with Gasteiger partial charge in [0.15, 0.2) is 0 Å². The number of nitrogens with one attached hydrogen (secondary N) is 3. The molecule has 5 heterocycles. The van der Waals surface area contributed by atoms with Crippen LogP contribution in [-0.4, -0.2) is 66.1 Å². The third-order valence-electron chi connectivity index (χ3n) is 6.12. The van der Waals surface area contributed by atoms with Crippen LogP contribution in [-0.2, 0) is 17.8 Å². The van der Waals surface area contributed by atoms with Gasteiger partial charge in [-0.3, -0.25) is 4.79 Å². The molecule has 10 nitrogen and oxygen atoms in total. The predicted octanol–water partition coefficient (Wildman–Crippen LogP) is 2.79. The number of carbonyl (C=O) groups excluding carboxylic acids is 1. The molecule has 0 aliphatic carbocycles. The van der Waals surface area contributed by atoms with E-state index in [4.69, 9.17) is 4.74 Å². The standard InChI is InChI=1S/C25H30N8O2/c1-16-20(13-29-25-24(16)26-7-9-35-25)33-8-6-17-11-27-22(10-18(17)14-33)30-19-4-5-21(28-12-19)31-23(34)15-32(2)3/h4-5,10-13,26H,6-9,14-15H2,1-3H3,(H,27,30)(H,28,31,34). The molecule has 3 aromatic heterocycles. The van der Waals surface area contributed by atoms with Crippen LogP contribution in [0.4, 0.5) is 28.7 Å². The molecule has 0 spiro atoms. The zero-order valence-electron chi connectivity index (χ0n) is 20.3. The van der Waals surface area contributed by atoms with Crippen molar-refractivity contribution in [2.75, 3.05) is 61.2 Å². The molecule has 3 aromatic rings. The fraction of sp³-hybridized carbons (Fsp3) is 0.360. The Hall–Kier alpha value is -3.92. The van der Waals surface area contributed by atoms with Crippen molar-refractivity contribution in [3.05, 3.63) is 53.5 Å². The summed E-state index contributed by atoms with van der Waals surface area (Å²) in [6.45, 7) is 5.55. The molecule has 3 N–H and O–H groups in total. The average Bonchev–Trinajstić information content (AvgIpc) is 2.85. The normalized spacial score (nSPS) is 14.5. The topological polar surface area (TPSA) is 108 Å². The second-order valence-electron chi connectivity index (χ2n) is 9.08. The highest BCUT2D eigenvalue weighted by atomic mass is 16.5. The second kappa shape index (κ2) is 9.75. The van der Waals surface area contributed by atoms with Crippen molar-refractivity contribution in [3.8, 4) is 5.88 Å². The molecule has 10 heteroatoms. The number of pyridine rings is 3. The minimum atomic E-state index is -0.100. The van der Waals surface area contributed by atoms with Crippen LogP contribution in [0.15, 0.2) is 36.8 Å². The van der Waals surface area contributed by atoms with Crippen LogP contribution in [0.2, 0.25) is 0 Å². The second-order valence-corrected chi connectivity index (χ2v) is 9.08. The third-order valence-corrected chi connectivity index (χ3v) is 6.12. The van der Waals surface area contributed by atoms with E-state index < -0.39 is 0 Å². The maximum atomic E-state index is 11.9. The van der Waals surface area contributed by atoms with E-state index >= 15 is 0 Å². The molecule has 0 saturated carbocycles. The smallest absolute Gasteiger partial charge is 0.239 e. The Morgan fingerprint density at radius 1 is 1.14 bits per heavy atom. The van der Waals surface area contributed by atoms with Gasteiger partial charge in [-0.2, -0.15) is 0 Å². The fourth-order valence-corrected chi connectivity index (χ4v) is 4.40. The van der Waals surface area contributed by atoms with E-state index in [0.717, 1.165) is 54.5 Å². The predicted molar refractivity (Wildman–Crippen MR) is 137 cm³/mol. The first kappa shape index (κ1) is 22.9. The molecule has 5 rings (SSSR count). The Bertz CT molecular complexity index is 1230. The molecule has 0 saturated heterocycles. The summed E-state index contributed by atoms with van der Waals surface area (Å²) < 4.78 is 5.68. The van der Waals surface area contributed by atoms with E-state index in [9.17, 15) is 4.79 Å². The minimum absolute atomic E-state index is 0.100. The average molecular weight is 475 g/mol. The number of ether oxygens (including phenoxy) is 1. The number of fused-ring (bicyclic) bond motifs is 2. The summed E-state index contributed by atoms with van der Waals surface area (Å²) >= 11 is 0. The SMILES string of the molecule is Cc1c(N2CCc3cnc(Nc4ccc(NC(=O)CN(C)C)nc4)cc3C2)cnc2c1NCCO2. The van der Waals surface area contributed by atoms with Crippen molar-refractivity contribution in [2.24, 2.45) is 0 Å². The lowest BCUT2D eigenvalue weighted by molar-refractivity contribution is -0.116. The van der Waals surface area contributed by atoms with Crippen LogP contribution < -0.4 is 25.6 Å². The first-order valence-electron chi connectivity index (χ1n) is 11.7. The van der Waals surface area contributed by atoms with Gasteiger partial charge in [0.05, 0.1) is 30.3 Å². The van der Waals surface area contributed by atoms with Crippen LogP contribution in [0.1, 0.15) is 16.7 Å². The van der Waals surface area contributed by atoms with Gasteiger partial charge in [0.1, 0.15) is 23.9 Å². The van der Waals surface area contributed by atoms with Crippen LogP contribution in [0.25, 0.3) is 0 Å². The van der Waals surface area contributed by atoms with Crippen molar-refractivity contribution in [2.45, 2.75) is 19.9 Å². The lowest BCUT2D eigenvalue weighted by Gasteiger charge is -2.33. The first-order valence-corrected chi connectivity index (χ1v) is 11.7. The molecule has 182 valence electrons. The summed E-state index contributed by atoms with van der Waals surface area (Å²) in [5.74, 6) is 1.86. The molecule has 0 aromatic carbocycles. The highest BCUT2D eigenvalue weighted by molar-refractivity contribution is 5.91. The molecule has 0 fully saturated rings. The summed E-state index contributed by atoms with van der Waals surface area (Å²) in [6, 6.07) is 5.75. The largest absolute Gasteiger partial charge is 0.474 e. The number of amides is 1. The van der Waals surface area contributed by atoms with Crippen molar-refractivity contribution >= 4 is 34.6 Å². The van der Waals surface area contributed by atoms with Gasteiger partial charge in [-0.25, -0.2) is 15.0 Å². The van der Waals surface area contributed by atoms with E-state index in [2.05, 4.69) is 48.8 Å². The van der Waals surface area contributed by atoms with Crippen LogP contribution >= 0.6 is 0 Å². The summed E-state index contributed by atoms with van der Waals surface area (Å²) in [5, 5.41) is 9.54. The summed E-state index contributed by atoms with van der Waals surface area (Å²) in [4.78, 5) is 29.6. The fourth-order valence-electron chi connectivity index (χ4n) is 4.40. The Morgan fingerprint density at radius 2 is 2.00 bits per heavy atom. The molecule has 2 aliphatic rings. The van der Waals surface area contributed by atoms with E-state index in [1.54, 1.807) is 12.3 Å². The number of likely N-dealkylation sites (N-methyl/N-ethyl adjacent to an activating group) is 1. The van der Waals surface area contributed by atoms with Gasteiger partial charge < -0.3 is 30.5 Å². The van der Waals surface area contributed by atoms with E-state index in [-0.39, 0.29) is 5.91 Å². The maximum absolute atomic E-state index is 11.9. The van der Waals surface area contributed by atoms with Crippen LogP contribution in [0.3, 0.4) is 0 Å². The van der Waals surface area contributed by atoms with Gasteiger partial charge in [-0.15, -0.1) is 0 Å². The number of carbonyl (C=O) groups is 1. The lowest BCUT2D eigenvalue weighted by atomic mass is 10.0. The zero-order chi connectivity index (χ0) is 24.4. The van der Waals surface area contributed by atoms with E-state index in [1.165, 1.54) is 11.1 Å². The molecule has 35 heavy (non-hydrogen) atoms. The highest BCUT2D eigenvalue weighted by Crippen LogP contribution is 2.36. The molecule has 2 aliphatic heterocycles. The minimum Gasteiger partial charge on any atom is -0.474 e. The van der Waals surface area contributed by atoms with Crippen molar-refractivity contribution < 1.29 is 9.53 Å². The van der Waals surface area contributed by atoms with Gasteiger partial charge in [0, 0.05) is 31.4 Å². The number of hydrogen-bond donors (Lipinski definition) is 3. The maximum Gasteiger partial charge on any atom is 0.239 e. The molecule has 0 bridgehead atoms. The number of aromatic nitrogens is 3. The highest BCUT2D eigenvalue weighted by Gasteiger charge is 2.23. The lowest BCUT2D eigenvalue weighted by Crippen LogP contribution is -2.32.